The molecule has 7 heteroatoms. The first-order valence-electron chi connectivity index (χ1n) is 10.1. The highest BCUT2D eigenvalue weighted by Gasteiger charge is 2.37. The van der Waals surface area contributed by atoms with E-state index >= 15 is 0 Å². The van der Waals surface area contributed by atoms with E-state index in [0.717, 1.165) is 55.3 Å². The summed E-state index contributed by atoms with van der Waals surface area (Å²) < 4.78 is 41.6. The molecule has 29 heavy (non-hydrogen) atoms. The molecule has 0 saturated carbocycles. The monoisotopic (exact) mass is 406 g/mol. The second kappa shape index (κ2) is 8.61. The van der Waals surface area contributed by atoms with Crippen LogP contribution in [0.15, 0.2) is 30.7 Å². The Morgan fingerprint density at radius 3 is 2.59 bits per heavy atom. The number of hydrogen-bond acceptors (Lipinski definition) is 3. The SMILES string of the molecule is CCN(/C=C(\C)c1cc(Cn2ccnc2C)cc2c1CCCC2)N(C)C(F)(F)F. The molecule has 3 rings (SSSR count). The lowest BCUT2D eigenvalue weighted by atomic mass is 9.84. The fraction of sp³-hybridized carbons (Fsp3) is 0.500. The number of aryl methyl sites for hydroxylation is 2. The van der Waals surface area contributed by atoms with Gasteiger partial charge in [-0.25, -0.2) is 4.98 Å². The number of imidazole rings is 1. The van der Waals surface area contributed by atoms with Crippen LogP contribution >= 0.6 is 0 Å². The molecule has 0 amide bonds. The molecule has 0 radical (unpaired) electrons. The Kier molecular flexibility index (Phi) is 6.36. The minimum absolute atomic E-state index is 0.240. The molecule has 1 aliphatic carbocycles. The van der Waals surface area contributed by atoms with Crippen LogP contribution in [-0.2, 0) is 19.4 Å². The van der Waals surface area contributed by atoms with Crippen LogP contribution in [0.3, 0.4) is 0 Å². The van der Waals surface area contributed by atoms with E-state index in [0.29, 0.717) is 11.6 Å². The molecule has 0 spiro atoms. The van der Waals surface area contributed by atoms with E-state index in [4.69, 9.17) is 0 Å². The van der Waals surface area contributed by atoms with Crippen molar-refractivity contribution in [3.05, 3.63) is 58.8 Å². The van der Waals surface area contributed by atoms with E-state index in [-0.39, 0.29) is 6.54 Å². The highest BCUT2D eigenvalue weighted by molar-refractivity contribution is 5.68. The summed E-state index contributed by atoms with van der Waals surface area (Å²) in [4.78, 5) is 4.28. The normalized spacial score (nSPS) is 15.0. The number of hydrazine groups is 1. The molecule has 2 aromatic rings. The van der Waals surface area contributed by atoms with Crippen molar-refractivity contribution in [1.29, 1.82) is 0 Å². The lowest BCUT2D eigenvalue weighted by Crippen LogP contribution is -2.45. The van der Waals surface area contributed by atoms with E-state index < -0.39 is 6.30 Å². The van der Waals surface area contributed by atoms with Crippen LogP contribution in [0.4, 0.5) is 13.2 Å². The summed E-state index contributed by atoms with van der Waals surface area (Å²) in [5.74, 6) is 0.945. The van der Waals surface area contributed by atoms with Crippen molar-refractivity contribution in [2.75, 3.05) is 13.6 Å². The highest BCUT2D eigenvalue weighted by Crippen LogP contribution is 2.32. The van der Waals surface area contributed by atoms with Gasteiger partial charge in [0.1, 0.15) is 5.82 Å². The van der Waals surface area contributed by atoms with Gasteiger partial charge in [0.2, 0.25) is 0 Å². The second-order valence-electron chi connectivity index (χ2n) is 7.65. The third-order valence-corrected chi connectivity index (χ3v) is 5.65. The number of rotatable bonds is 6. The number of alkyl halides is 3. The average molecular weight is 406 g/mol. The summed E-state index contributed by atoms with van der Waals surface area (Å²) in [5.41, 5.74) is 5.67. The van der Waals surface area contributed by atoms with Crippen molar-refractivity contribution in [2.45, 2.75) is 59.3 Å². The summed E-state index contributed by atoms with van der Waals surface area (Å²) >= 11 is 0. The number of aromatic nitrogens is 2. The van der Waals surface area contributed by atoms with E-state index in [1.165, 1.54) is 16.1 Å². The zero-order valence-electron chi connectivity index (χ0n) is 17.6. The number of allylic oxidation sites excluding steroid dienone is 1. The first-order valence-corrected chi connectivity index (χ1v) is 10.1. The van der Waals surface area contributed by atoms with Crippen molar-refractivity contribution in [3.63, 3.8) is 0 Å². The Morgan fingerprint density at radius 2 is 1.97 bits per heavy atom. The minimum Gasteiger partial charge on any atom is -0.331 e. The van der Waals surface area contributed by atoms with Crippen LogP contribution in [0.25, 0.3) is 5.57 Å². The van der Waals surface area contributed by atoms with Gasteiger partial charge in [-0.3, -0.25) is 0 Å². The third-order valence-electron chi connectivity index (χ3n) is 5.65. The van der Waals surface area contributed by atoms with Gasteiger partial charge in [0.15, 0.2) is 0 Å². The highest BCUT2D eigenvalue weighted by atomic mass is 19.4. The van der Waals surface area contributed by atoms with E-state index in [1.807, 2.05) is 20.0 Å². The molecule has 1 aromatic heterocycles. The largest absolute Gasteiger partial charge is 0.477 e. The number of halogens is 3. The van der Waals surface area contributed by atoms with E-state index in [9.17, 15) is 13.2 Å². The Hall–Kier alpha value is -2.28. The van der Waals surface area contributed by atoms with Crippen LogP contribution in [-0.4, -0.2) is 39.5 Å². The quantitative estimate of drug-likeness (QED) is 0.489. The minimum atomic E-state index is -4.41. The van der Waals surface area contributed by atoms with Gasteiger partial charge in [0, 0.05) is 38.7 Å². The summed E-state index contributed by atoms with van der Waals surface area (Å²) in [5, 5.41) is 1.55. The Balaban J connectivity index is 2.00. The molecular formula is C22H29F3N4. The van der Waals surface area contributed by atoms with Crippen LogP contribution < -0.4 is 0 Å². The lowest BCUT2D eigenvalue weighted by molar-refractivity contribution is -0.292. The summed E-state index contributed by atoms with van der Waals surface area (Å²) in [7, 11) is 1.06. The zero-order chi connectivity index (χ0) is 21.2. The first-order chi connectivity index (χ1) is 13.7. The predicted molar refractivity (Wildman–Crippen MR) is 109 cm³/mol. The zero-order valence-corrected chi connectivity index (χ0v) is 17.6. The Bertz CT molecular complexity index is 883. The average Bonchev–Trinajstić information content (AvgIpc) is 3.08. The number of nitrogens with zero attached hydrogens (tertiary/aromatic N) is 4. The maximum Gasteiger partial charge on any atom is 0.477 e. The van der Waals surface area contributed by atoms with Crippen molar-refractivity contribution < 1.29 is 13.2 Å². The topological polar surface area (TPSA) is 24.3 Å². The fourth-order valence-corrected chi connectivity index (χ4v) is 3.97. The molecule has 0 bridgehead atoms. The van der Waals surface area contributed by atoms with E-state index in [1.54, 1.807) is 19.3 Å². The van der Waals surface area contributed by atoms with Gasteiger partial charge >= 0.3 is 6.30 Å². The van der Waals surface area contributed by atoms with Crippen molar-refractivity contribution in [3.8, 4) is 0 Å². The predicted octanol–water partition coefficient (Wildman–Crippen LogP) is 5.17. The second-order valence-corrected chi connectivity index (χ2v) is 7.65. The van der Waals surface area contributed by atoms with Crippen molar-refractivity contribution in [2.24, 2.45) is 0 Å². The van der Waals surface area contributed by atoms with Gasteiger partial charge in [-0.15, -0.1) is 5.01 Å². The molecule has 0 unspecified atom stereocenters. The number of fused-ring (bicyclic) bond motifs is 1. The van der Waals surface area contributed by atoms with E-state index in [2.05, 4.69) is 21.7 Å². The first kappa shape index (κ1) is 21.4. The molecule has 4 nitrogen and oxygen atoms in total. The molecule has 1 aromatic carbocycles. The molecule has 0 N–H and O–H groups in total. The van der Waals surface area contributed by atoms with Crippen LogP contribution in [0.2, 0.25) is 0 Å². The van der Waals surface area contributed by atoms with Gasteiger partial charge in [-0.1, -0.05) is 6.07 Å². The Labute approximate surface area is 170 Å². The van der Waals surface area contributed by atoms with Crippen LogP contribution in [0.5, 0.6) is 0 Å². The van der Waals surface area contributed by atoms with Crippen molar-refractivity contribution in [1.82, 2.24) is 19.6 Å². The van der Waals surface area contributed by atoms with Gasteiger partial charge in [0.25, 0.3) is 0 Å². The lowest BCUT2D eigenvalue weighted by Gasteiger charge is -2.32. The Morgan fingerprint density at radius 1 is 1.24 bits per heavy atom. The molecule has 158 valence electrons. The molecule has 1 heterocycles. The van der Waals surface area contributed by atoms with Gasteiger partial charge in [-0.05, 0) is 80.3 Å². The summed E-state index contributed by atoms with van der Waals surface area (Å²) in [6, 6.07) is 4.39. The van der Waals surface area contributed by atoms with Gasteiger partial charge < -0.3 is 9.58 Å². The standard InChI is InChI=1S/C22H29F3N4/c1-5-29(27(4)22(23,24)25)14-16(2)21-13-18(15-28-11-10-26-17(28)3)12-19-8-6-7-9-20(19)21/h10-14H,5-9,15H2,1-4H3/b16-14+. The summed E-state index contributed by atoms with van der Waals surface area (Å²) in [6.07, 6.45) is 5.21. The molecule has 0 saturated heterocycles. The molecule has 0 aliphatic heterocycles. The third kappa shape index (κ3) is 4.83. The molecular weight excluding hydrogens is 377 g/mol. The summed E-state index contributed by atoms with van der Waals surface area (Å²) in [6.45, 7) is 6.54. The van der Waals surface area contributed by atoms with Crippen molar-refractivity contribution >= 4 is 5.57 Å². The molecule has 0 fully saturated rings. The molecule has 1 aliphatic rings. The van der Waals surface area contributed by atoms with Gasteiger partial charge in [-0.2, -0.15) is 13.2 Å². The molecule has 0 atom stereocenters. The smallest absolute Gasteiger partial charge is 0.331 e. The fourth-order valence-electron chi connectivity index (χ4n) is 3.97. The maximum atomic E-state index is 13.2. The van der Waals surface area contributed by atoms with Gasteiger partial charge in [0.05, 0.1) is 0 Å². The number of hydrogen-bond donors (Lipinski definition) is 0. The van der Waals surface area contributed by atoms with Crippen LogP contribution in [0, 0.1) is 6.92 Å². The maximum absolute atomic E-state index is 13.2. The van der Waals surface area contributed by atoms with Crippen LogP contribution in [0.1, 0.15) is 54.8 Å². The number of benzene rings is 1.